The maximum absolute atomic E-state index is 14.4. The van der Waals surface area contributed by atoms with Gasteiger partial charge in [0.2, 0.25) is 17.7 Å². The molecule has 0 radical (unpaired) electrons. The van der Waals surface area contributed by atoms with Gasteiger partial charge in [-0.3, -0.25) is 14.4 Å². The maximum Gasteiger partial charge on any atom is 0.248 e. The van der Waals surface area contributed by atoms with Gasteiger partial charge in [0.1, 0.15) is 11.6 Å². The first kappa shape index (κ1) is 26.9. The molecule has 4 fully saturated rings. The molecule has 3 aliphatic heterocycles. The predicted octanol–water partition coefficient (Wildman–Crippen LogP) is 2.52. The van der Waals surface area contributed by atoms with Crippen LogP contribution in [0.5, 0.6) is 0 Å². The highest BCUT2D eigenvalue weighted by molar-refractivity contribution is 5.99. The summed E-state index contributed by atoms with van der Waals surface area (Å²) in [5, 5.41) is 9.57. The van der Waals surface area contributed by atoms with Gasteiger partial charge in [0.25, 0.3) is 0 Å². The van der Waals surface area contributed by atoms with E-state index in [-0.39, 0.29) is 36.9 Å². The van der Waals surface area contributed by atoms with Crippen molar-refractivity contribution in [1.82, 2.24) is 14.7 Å². The number of hydrogen-bond donors (Lipinski definition) is 1. The highest BCUT2D eigenvalue weighted by Crippen LogP contribution is 2.64. The molecule has 8 nitrogen and oxygen atoms in total. The monoisotopic (exact) mass is 501 g/mol. The van der Waals surface area contributed by atoms with E-state index in [0.29, 0.717) is 38.8 Å². The molecule has 1 aliphatic carbocycles. The highest BCUT2D eigenvalue weighted by atomic mass is 16.5. The fourth-order valence-electron chi connectivity index (χ4n) is 7.48. The third-order valence-corrected chi connectivity index (χ3v) is 9.14. The first-order valence-electron chi connectivity index (χ1n) is 13.7. The number of hydrogen-bond acceptors (Lipinski definition) is 5. The quantitative estimate of drug-likeness (QED) is 0.440. The van der Waals surface area contributed by atoms with Crippen molar-refractivity contribution in [3.63, 3.8) is 0 Å². The van der Waals surface area contributed by atoms with E-state index in [1.807, 2.05) is 11.8 Å². The van der Waals surface area contributed by atoms with Crippen molar-refractivity contribution < 1.29 is 24.2 Å². The van der Waals surface area contributed by atoms with E-state index >= 15 is 0 Å². The Morgan fingerprint density at radius 2 is 1.83 bits per heavy atom. The Bertz CT molecular complexity index is 886. The number of ether oxygens (including phenoxy) is 1. The zero-order chi connectivity index (χ0) is 26.1. The van der Waals surface area contributed by atoms with Crippen LogP contribution in [0.2, 0.25) is 0 Å². The van der Waals surface area contributed by atoms with Gasteiger partial charge >= 0.3 is 0 Å². The van der Waals surface area contributed by atoms with Crippen LogP contribution in [0.4, 0.5) is 0 Å². The molecule has 200 valence electrons. The molecule has 1 spiro atoms. The lowest BCUT2D eigenvalue weighted by Gasteiger charge is -2.40. The Hall–Kier alpha value is -2.19. The van der Waals surface area contributed by atoms with Gasteiger partial charge in [0, 0.05) is 39.3 Å². The maximum atomic E-state index is 14.4. The average molecular weight is 502 g/mol. The Balaban J connectivity index is 1.76. The van der Waals surface area contributed by atoms with Crippen molar-refractivity contribution in [3.05, 3.63) is 25.3 Å². The van der Waals surface area contributed by atoms with E-state index < -0.39 is 29.1 Å². The lowest BCUT2D eigenvalue weighted by molar-refractivity contribution is -0.156. The number of amides is 3. The van der Waals surface area contributed by atoms with Crippen molar-refractivity contribution in [2.75, 3.05) is 33.3 Å². The molecule has 3 saturated heterocycles. The second-order valence-electron chi connectivity index (χ2n) is 11.0. The van der Waals surface area contributed by atoms with Crippen LogP contribution in [0.15, 0.2) is 25.3 Å². The average Bonchev–Trinajstić information content (AvgIpc) is 3.49. The molecule has 2 bridgehead atoms. The minimum atomic E-state index is -1.02. The van der Waals surface area contributed by atoms with Crippen LogP contribution >= 0.6 is 0 Å². The standard InChI is InChI=1S/C28H43N3O5/c1-5-16-29(4)24(33)21-22-25(34)31(18-11-19-32)23(28(22)15-14-27(21,7-3)36-28)26(35)30(17-6-2)20-12-9-8-10-13-20/h5-6,20-23,32H,1-2,7-19H2,3-4H3/t21-,22-,23?,27+,28?/m0/s1. The number of aliphatic hydroxyl groups excluding tert-OH is 1. The topological polar surface area (TPSA) is 90.4 Å². The fraction of sp³-hybridized carbons (Fsp3) is 0.750. The van der Waals surface area contributed by atoms with Gasteiger partial charge in [-0.2, -0.15) is 0 Å². The smallest absolute Gasteiger partial charge is 0.248 e. The summed E-state index contributed by atoms with van der Waals surface area (Å²) >= 11 is 0. The predicted molar refractivity (Wildman–Crippen MR) is 137 cm³/mol. The summed E-state index contributed by atoms with van der Waals surface area (Å²) in [6, 6.07) is -0.677. The summed E-state index contributed by atoms with van der Waals surface area (Å²) in [5.74, 6) is -1.75. The lowest BCUT2D eigenvalue weighted by atomic mass is 9.64. The zero-order valence-electron chi connectivity index (χ0n) is 22.0. The molecule has 4 aliphatic rings. The molecular weight excluding hydrogens is 458 g/mol. The minimum absolute atomic E-state index is 0.0778. The highest BCUT2D eigenvalue weighted by Gasteiger charge is 2.79. The molecule has 1 saturated carbocycles. The van der Waals surface area contributed by atoms with Gasteiger partial charge in [-0.25, -0.2) is 0 Å². The number of likely N-dealkylation sites (N-methyl/N-ethyl adjacent to an activating group) is 1. The van der Waals surface area contributed by atoms with Crippen LogP contribution in [-0.4, -0.2) is 94.1 Å². The third-order valence-electron chi connectivity index (χ3n) is 9.14. The van der Waals surface area contributed by atoms with E-state index in [0.717, 1.165) is 25.7 Å². The number of carbonyl (C=O) groups excluding carboxylic acids is 3. The number of rotatable bonds is 11. The van der Waals surface area contributed by atoms with E-state index in [1.54, 1.807) is 29.0 Å². The van der Waals surface area contributed by atoms with Crippen molar-refractivity contribution >= 4 is 17.7 Å². The zero-order valence-corrected chi connectivity index (χ0v) is 22.0. The molecule has 0 aromatic carbocycles. The minimum Gasteiger partial charge on any atom is -0.396 e. The molecule has 8 heteroatoms. The van der Waals surface area contributed by atoms with Crippen molar-refractivity contribution in [1.29, 1.82) is 0 Å². The van der Waals surface area contributed by atoms with Gasteiger partial charge in [-0.1, -0.05) is 38.3 Å². The molecule has 2 unspecified atom stereocenters. The first-order valence-corrected chi connectivity index (χ1v) is 13.7. The van der Waals surface area contributed by atoms with Crippen LogP contribution in [0.3, 0.4) is 0 Å². The van der Waals surface area contributed by atoms with Crippen LogP contribution in [0.25, 0.3) is 0 Å². The number of carbonyl (C=O) groups is 3. The molecule has 4 rings (SSSR count). The van der Waals surface area contributed by atoms with Gasteiger partial charge in [-0.05, 0) is 38.5 Å². The number of fused-ring (bicyclic) bond motifs is 1. The second-order valence-corrected chi connectivity index (χ2v) is 11.0. The molecule has 1 N–H and O–H groups in total. The Morgan fingerprint density at radius 3 is 2.44 bits per heavy atom. The number of aliphatic hydroxyl groups is 1. The summed E-state index contributed by atoms with van der Waals surface area (Å²) in [4.78, 5) is 47.4. The first-order chi connectivity index (χ1) is 17.3. The summed E-state index contributed by atoms with van der Waals surface area (Å²) in [6.07, 6.45) is 10.9. The third kappa shape index (κ3) is 4.10. The van der Waals surface area contributed by atoms with Crippen molar-refractivity contribution in [2.45, 2.75) is 88.0 Å². The molecule has 36 heavy (non-hydrogen) atoms. The largest absolute Gasteiger partial charge is 0.396 e. The van der Waals surface area contributed by atoms with Crippen LogP contribution in [0, 0.1) is 11.8 Å². The van der Waals surface area contributed by atoms with Gasteiger partial charge in [0.15, 0.2) is 0 Å². The number of likely N-dealkylation sites (tertiary alicyclic amines) is 1. The molecule has 3 heterocycles. The summed E-state index contributed by atoms with van der Waals surface area (Å²) < 4.78 is 6.84. The summed E-state index contributed by atoms with van der Waals surface area (Å²) in [5.41, 5.74) is -1.77. The van der Waals surface area contributed by atoms with Crippen molar-refractivity contribution in [2.24, 2.45) is 11.8 Å². The molecular formula is C28H43N3O5. The van der Waals surface area contributed by atoms with E-state index in [9.17, 15) is 19.5 Å². The second kappa shape index (κ2) is 10.7. The molecule has 5 atom stereocenters. The summed E-state index contributed by atoms with van der Waals surface area (Å²) in [7, 11) is 1.73. The van der Waals surface area contributed by atoms with Gasteiger partial charge in [-0.15, -0.1) is 13.2 Å². The van der Waals surface area contributed by atoms with Crippen molar-refractivity contribution in [3.8, 4) is 0 Å². The van der Waals surface area contributed by atoms with E-state index in [4.69, 9.17) is 4.74 Å². The van der Waals surface area contributed by atoms with E-state index in [2.05, 4.69) is 13.2 Å². The normalized spacial score (nSPS) is 33.5. The number of nitrogens with zero attached hydrogens (tertiary/aromatic N) is 3. The molecule has 0 aromatic heterocycles. The molecule has 0 aromatic rings. The SMILES string of the molecule is C=CCN(C)C(=O)[C@@H]1[C@H]2C(=O)N(CCCO)C(C(=O)N(CC=C)C3CCCCC3)C23CC[C@@]1(CC)O3. The summed E-state index contributed by atoms with van der Waals surface area (Å²) in [6.45, 7) is 10.7. The fourth-order valence-corrected chi connectivity index (χ4v) is 7.48. The van der Waals surface area contributed by atoms with Gasteiger partial charge in [0.05, 0.1) is 17.4 Å². The van der Waals surface area contributed by atoms with Crippen LogP contribution in [0.1, 0.15) is 64.7 Å². The Kier molecular flexibility index (Phi) is 7.95. The Morgan fingerprint density at radius 1 is 1.14 bits per heavy atom. The Labute approximate surface area is 215 Å². The van der Waals surface area contributed by atoms with Gasteiger partial charge < -0.3 is 24.5 Å². The molecule has 3 amide bonds. The van der Waals surface area contributed by atoms with E-state index in [1.165, 1.54) is 6.42 Å². The van der Waals surface area contributed by atoms with Crippen LogP contribution < -0.4 is 0 Å². The lowest BCUT2D eigenvalue weighted by Crippen LogP contribution is -2.58. The van der Waals surface area contributed by atoms with Crippen LogP contribution in [-0.2, 0) is 19.1 Å².